The molecule has 1 fully saturated rings. The zero-order chi connectivity index (χ0) is 30.3. The van der Waals surface area contributed by atoms with Crippen molar-refractivity contribution < 1.29 is 49.0 Å². The first kappa shape index (κ1) is 37.5. The lowest BCUT2D eigenvalue weighted by atomic mass is 9.99. The van der Waals surface area contributed by atoms with Crippen LogP contribution >= 0.6 is 0 Å². The molecule has 41 heavy (non-hydrogen) atoms. The number of allylic oxidation sites excluding steroid dienone is 2. The molecule has 4 N–H and O–H groups in total. The zero-order valence-electron chi connectivity index (χ0n) is 25.3. The predicted molar refractivity (Wildman–Crippen MR) is 155 cm³/mol. The van der Waals surface area contributed by atoms with Gasteiger partial charge in [-0.3, -0.25) is 9.59 Å². The van der Waals surface area contributed by atoms with Crippen molar-refractivity contribution in [1.82, 2.24) is 0 Å². The SMILES string of the molecule is CCCCCCC/C=C\CCCCCCCC(=O)OC(COC(=O)CCCC)COC1OC(CO)C(O)C(O)C1O. The molecule has 0 aromatic heterocycles. The van der Waals surface area contributed by atoms with Gasteiger partial charge in [-0.25, -0.2) is 0 Å². The monoisotopic (exact) mass is 588 g/mol. The maximum Gasteiger partial charge on any atom is 0.306 e. The van der Waals surface area contributed by atoms with Crippen LogP contribution < -0.4 is 0 Å². The fraction of sp³-hybridized carbons (Fsp3) is 0.871. The number of rotatable bonds is 24. The molecular formula is C31H56O10. The van der Waals surface area contributed by atoms with Crippen molar-refractivity contribution in [3.8, 4) is 0 Å². The topological polar surface area (TPSA) is 152 Å². The molecule has 1 aliphatic rings. The Balaban J connectivity index is 2.36. The van der Waals surface area contributed by atoms with Crippen LogP contribution in [0.3, 0.4) is 0 Å². The average molecular weight is 589 g/mol. The van der Waals surface area contributed by atoms with Crippen LogP contribution in [0.1, 0.15) is 117 Å². The van der Waals surface area contributed by atoms with Crippen LogP contribution in [0.2, 0.25) is 0 Å². The third-order valence-corrected chi connectivity index (χ3v) is 7.15. The molecule has 1 aliphatic heterocycles. The van der Waals surface area contributed by atoms with Crippen LogP contribution in [0.5, 0.6) is 0 Å². The summed E-state index contributed by atoms with van der Waals surface area (Å²) in [6.45, 7) is 3.10. The quantitative estimate of drug-likeness (QED) is 0.0737. The summed E-state index contributed by atoms with van der Waals surface area (Å²) in [7, 11) is 0. The molecule has 0 aliphatic carbocycles. The van der Waals surface area contributed by atoms with Gasteiger partial charge >= 0.3 is 11.9 Å². The summed E-state index contributed by atoms with van der Waals surface area (Å²) in [6, 6.07) is 0. The molecule has 0 aromatic rings. The predicted octanol–water partition coefficient (Wildman–Crippen LogP) is 4.10. The molecule has 10 heteroatoms. The molecule has 10 nitrogen and oxygen atoms in total. The minimum atomic E-state index is -1.59. The van der Waals surface area contributed by atoms with Gasteiger partial charge in [0.2, 0.25) is 0 Å². The van der Waals surface area contributed by atoms with Gasteiger partial charge in [-0.15, -0.1) is 0 Å². The summed E-state index contributed by atoms with van der Waals surface area (Å²) in [5.74, 6) is -0.860. The number of carbonyl (C=O) groups excluding carboxylic acids is 2. The fourth-order valence-corrected chi connectivity index (χ4v) is 4.51. The van der Waals surface area contributed by atoms with Gasteiger partial charge in [0.25, 0.3) is 0 Å². The summed E-state index contributed by atoms with van der Waals surface area (Å²) in [5, 5.41) is 39.4. The largest absolute Gasteiger partial charge is 0.462 e. The van der Waals surface area contributed by atoms with Gasteiger partial charge in [-0.2, -0.15) is 0 Å². The standard InChI is InChI=1S/C31H56O10/c1-3-5-7-8-9-10-11-12-13-14-15-16-17-18-20-27(34)40-24(22-38-26(33)19-6-4-2)23-39-31-30(37)29(36)28(35)25(21-32)41-31/h11-12,24-25,28-32,35-37H,3-10,13-23H2,1-2H3/b12-11-. The molecule has 240 valence electrons. The van der Waals surface area contributed by atoms with Gasteiger partial charge in [0.15, 0.2) is 12.4 Å². The molecule has 1 heterocycles. The lowest BCUT2D eigenvalue weighted by molar-refractivity contribution is -0.305. The van der Waals surface area contributed by atoms with E-state index in [0.29, 0.717) is 12.8 Å². The van der Waals surface area contributed by atoms with E-state index in [2.05, 4.69) is 19.1 Å². The summed E-state index contributed by atoms with van der Waals surface area (Å²) in [6.07, 6.45) is 12.1. The minimum Gasteiger partial charge on any atom is -0.462 e. The number of ether oxygens (including phenoxy) is 4. The molecule has 1 saturated heterocycles. The Bertz CT molecular complexity index is 698. The van der Waals surface area contributed by atoms with Crippen LogP contribution in [0.25, 0.3) is 0 Å². The summed E-state index contributed by atoms with van der Waals surface area (Å²) in [4.78, 5) is 24.5. The lowest BCUT2D eigenvalue weighted by Crippen LogP contribution is -2.59. The molecule has 0 spiro atoms. The van der Waals surface area contributed by atoms with Gasteiger partial charge in [0, 0.05) is 12.8 Å². The van der Waals surface area contributed by atoms with Crippen LogP contribution in [-0.4, -0.2) is 89.0 Å². The van der Waals surface area contributed by atoms with E-state index < -0.39 is 55.4 Å². The molecular weight excluding hydrogens is 532 g/mol. The Kier molecular flexibility index (Phi) is 21.9. The van der Waals surface area contributed by atoms with Crippen molar-refractivity contribution in [3.63, 3.8) is 0 Å². The Labute approximate surface area is 246 Å². The van der Waals surface area contributed by atoms with Crippen molar-refractivity contribution in [1.29, 1.82) is 0 Å². The molecule has 0 aromatic carbocycles. The second-order valence-corrected chi connectivity index (χ2v) is 10.9. The number of unbranched alkanes of at least 4 members (excludes halogenated alkanes) is 11. The van der Waals surface area contributed by atoms with Crippen LogP contribution in [0.15, 0.2) is 12.2 Å². The Morgan fingerprint density at radius 3 is 1.95 bits per heavy atom. The summed E-state index contributed by atoms with van der Waals surface area (Å²) < 4.78 is 21.6. The van der Waals surface area contributed by atoms with Crippen molar-refractivity contribution in [3.05, 3.63) is 12.2 Å². The number of hydrogen-bond acceptors (Lipinski definition) is 10. The van der Waals surface area contributed by atoms with E-state index in [1.807, 2.05) is 6.92 Å². The summed E-state index contributed by atoms with van der Waals surface area (Å²) in [5.41, 5.74) is 0. The molecule has 6 atom stereocenters. The van der Waals surface area contributed by atoms with Crippen LogP contribution in [-0.2, 0) is 28.5 Å². The first-order chi connectivity index (χ1) is 19.8. The van der Waals surface area contributed by atoms with Gasteiger partial charge in [0.1, 0.15) is 31.0 Å². The average Bonchev–Trinajstić information content (AvgIpc) is 2.97. The van der Waals surface area contributed by atoms with Crippen molar-refractivity contribution in [2.45, 2.75) is 153 Å². The van der Waals surface area contributed by atoms with Crippen molar-refractivity contribution >= 4 is 11.9 Å². The minimum absolute atomic E-state index is 0.220. The van der Waals surface area contributed by atoms with Crippen molar-refractivity contribution in [2.75, 3.05) is 19.8 Å². The lowest BCUT2D eigenvalue weighted by Gasteiger charge is -2.39. The third kappa shape index (κ3) is 17.2. The smallest absolute Gasteiger partial charge is 0.306 e. The molecule has 0 bridgehead atoms. The van der Waals surface area contributed by atoms with Crippen LogP contribution in [0, 0.1) is 0 Å². The maximum atomic E-state index is 12.5. The second-order valence-electron chi connectivity index (χ2n) is 10.9. The number of aliphatic hydroxyl groups is 4. The van der Waals surface area contributed by atoms with E-state index in [1.54, 1.807) is 0 Å². The third-order valence-electron chi connectivity index (χ3n) is 7.15. The molecule has 0 radical (unpaired) electrons. The van der Waals surface area contributed by atoms with Crippen molar-refractivity contribution in [2.24, 2.45) is 0 Å². The highest BCUT2D eigenvalue weighted by atomic mass is 16.7. The first-order valence-corrected chi connectivity index (χ1v) is 15.8. The number of carbonyl (C=O) groups is 2. The zero-order valence-corrected chi connectivity index (χ0v) is 25.3. The van der Waals surface area contributed by atoms with Crippen LogP contribution in [0.4, 0.5) is 0 Å². The van der Waals surface area contributed by atoms with Gasteiger partial charge in [-0.1, -0.05) is 77.4 Å². The number of aliphatic hydroxyl groups excluding tert-OH is 4. The maximum absolute atomic E-state index is 12.5. The van der Waals surface area contributed by atoms with E-state index in [0.717, 1.165) is 44.9 Å². The number of hydrogen-bond donors (Lipinski definition) is 4. The highest BCUT2D eigenvalue weighted by Gasteiger charge is 2.44. The Hall–Kier alpha value is -1.56. The van der Waals surface area contributed by atoms with E-state index in [9.17, 15) is 30.0 Å². The van der Waals surface area contributed by atoms with Gasteiger partial charge in [-0.05, 0) is 38.5 Å². The normalized spacial score (nSPS) is 23.5. The molecule has 0 saturated carbocycles. The summed E-state index contributed by atoms with van der Waals surface area (Å²) >= 11 is 0. The fourth-order valence-electron chi connectivity index (χ4n) is 4.51. The van der Waals surface area contributed by atoms with E-state index in [-0.39, 0.29) is 26.1 Å². The van der Waals surface area contributed by atoms with E-state index in [1.165, 1.54) is 32.1 Å². The van der Waals surface area contributed by atoms with Gasteiger partial charge in [0.05, 0.1) is 13.2 Å². The molecule has 1 rings (SSSR count). The highest BCUT2D eigenvalue weighted by molar-refractivity contribution is 5.70. The highest BCUT2D eigenvalue weighted by Crippen LogP contribution is 2.22. The van der Waals surface area contributed by atoms with E-state index in [4.69, 9.17) is 18.9 Å². The van der Waals surface area contributed by atoms with E-state index >= 15 is 0 Å². The van der Waals surface area contributed by atoms with Gasteiger partial charge < -0.3 is 39.4 Å². The molecule has 0 amide bonds. The first-order valence-electron chi connectivity index (χ1n) is 15.8. The molecule has 6 unspecified atom stereocenters. The number of esters is 2. The Morgan fingerprint density at radius 2 is 1.32 bits per heavy atom. The Morgan fingerprint density at radius 1 is 0.732 bits per heavy atom. The second kappa shape index (κ2) is 23.9.